The smallest absolute Gasteiger partial charge is 0.164 e. The van der Waals surface area contributed by atoms with Crippen LogP contribution in [0.2, 0.25) is 5.02 Å². The normalized spacial score (nSPS) is 11.2. The van der Waals surface area contributed by atoms with Crippen LogP contribution in [0, 0.1) is 5.92 Å². The highest BCUT2D eigenvalue weighted by Crippen LogP contribution is 2.11. The number of rotatable bonds is 6. The molecule has 1 aromatic heterocycles. The van der Waals surface area contributed by atoms with Crippen LogP contribution < -0.4 is 5.32 Å². The maximum Gasteiger partial charge on any atom is 0.164 e. The van der Waals surface area contributed by atoms with Gasteiger partial charge < -0.3 is 5.32 Å². The topological polar surface area (TPSA) is 42.7 Å². The first-order valence-electron chi connectivity index (χ1n) is 6.47. The summed E-state index contributed by atoms with van der Waals surface area (Å²) in [5.41, 5.74) is 1.12. The molecule has 0 saturated heterocycles. The van der Waals surface area contributed by atoms with Crippen molar-refractivity contribution in [3.63, 3.8) is 0 Å². The maximum absolute atomic E-state index is 5.96. The lowest BCUT2D eigenvalue weighted by atomic mass is 10.2. The minimum atomic E-state index is 0.633. The molecule has 0 saturated carbocycles. The Morgan fingerprint density at radius 3 is 2.95 bits per heavy atom. The van der Waals surface area contributed by atoms with E-state index in [-0.39, 0.29) is 0 Å². The highest BCUT2D eigenvalue weighted by molar-refractivity contribution is 6.30. The van der Waals surface area contributed by atoms with E-state index in [0.29, 0.717) is 19.0 Å². The predicted molar refractivity (Wildman–Crippen MR) is 77.1 cm³/mol. The summed E-state index contributed by atoms with van der Waals surface area (Å²) in [6.45, 7) is 6.73. The minimum Gasteiger partial charge on any atom is -0.310 e. The Hall–Kier alpha value is -1.39. The number of hydrogen-bond acceptors (Lipinski definition) is 3. The molecule has 19 heavy (non-hydrogen) atoms. The molecule has 1 heterocycles. The lowest BCUT2D eigenvalue weighted by Crippen LogP contribution is -2.19. The van der Waals surface area contributed by atoms with E-state index in [4.69, 9.17) is 11.6 Å². The van der Waals surface area contributed by atoms with Crippen molar-refractivity contribution in [1.82, 2.24) is 20.1 Å². The molecule has 2 aromatic rings. The molecule has 0 aliphatic rings. The molecule has 0 bridgehead atoms. The number of benzene rings is 1. The third kappa shape index (κ3) is 4.65. The summed E-state index contributed by atoms with van der Waals surface area (Å²) < 4.78 is 1.83. The summed E-state index contributed by atoms with van der Waals surface area (Å²) in [4.78, 5) is 4.29. The number of halogens is 1. The Labute approximate surface area is 118 Å². The lowest BCUT2D eigenvalue weighted by Gasteiger charge is -2.04. The van der Waals surface area contributed by atoms with E-state index in [9.17, 15) is 0 Å². The van der Waals surface area contributed by atoms with E-state index in [2.05, 4.69) is 29.2 Å². The van der Waals surface area contributed by atoms with Crippen molar-refractivity contribution < 1.29 is 0 Å². The molecule has 0 radical (unpaired) electrons. The highest BCUT2D eigenvalue weighted by Gasteiger charge is 2.02. The number of aromatic nitrogens is 3. The van der Waals surface area contributed by atoms with Gasteiger partial charge in [-0.1, -0.05) is 37.6 Å². The third-order valence-corrected chi connectivity index (χ3v) is 2.89. The van der Waals surface area contributed by atoms with Crippen molar-refractivity contribution in [2.24, 2.45) is 5.92 Å². The highest BCUT2D eigenvalue weighted by atomic mass is 35.5. The molecular weight excluding hydrogens is 260 g/mol. The molecule has 0 aliphatic carbocycles. The van der Waals surface area contributed by atoms with Crippen LogP contribution in [0.25, 0.3) is 0 Å². The largest absolute Gasteiger partial charge is 0.310 e. The van der Waals surface area contributed by atoms with Gasteiger partial charge in [0.1, 0.15) is 6.33 Å². The second kappa shape index (κ2) is 6.68. The Kier molecular flexibility index (Phi) is 4.93. The van der Waals surface area contributed by atoms with Gasteiger partial charge >= 0.3 is 0 Å². The molecule has 0 amide bonds. The van der Waals surface area contributed by atoms with Crippen molar-refractivity contribution in [2.75, 3.05) is 6.54 Å². The molecule has 2 rings (SSSR count). The average molecular weight is 279 g/mol. The second-order valence-electron chi connectivity index (χ2n) is 5.01. The minimum absolute atomic E-state index is 0.633. The summed E-state index contributed by atoms with van der Waals surface area (Å²) in [6.07, 6.45) is 1.76. The Morgan fingerprint density at radius 1 is 1.37 bits per heavy atom. The fourth-order valence-electron chi connectivity index (χ4n) is 1.79. The lowest BCUT2D eigenvalue weighted by molar-refractivity contribution is 0.539. The van der Waals surface area contributed by atoms with Crippen molar-refractivity contribution >= 4 is 11.6 Å². The van der Waals surface area contributed by atoms with E-state index in [0.717, 1.165) is 23.0 Å². The molecule has 1 aromatic carbocycles. The van der Waals surface area contributed by atoms with E-state index in [1.165, 1.54) is 0 Å². The molecule has 0 spiro atoms. The summed E-state index contributed by atoms with van der Waals surface area (Å²) in [5.74, 6) is 1.45. The first-order chi connectivity index (χ1) is 9.13. The monoisotopic (exact) mass is 278 g/mol. The molecule has 5 heteroatoms. The van der Waals surface area contributed by atoms with E-state index >= 15 is 0 Å². The standard InChI is InChI=1S/C14H19ClN4/c1-11(2)7-16-8-14-17-10-19(18-14)9-12-4-3-5-13(15)6-12/h3-6,10-11,16H,7-9H2,1-2H3. The van der Waals surface area contributed by atoms with Gasteiger partial charge in [0, 0.05) is 5.02 Å². The number of nitrogens with one attached hydrogen (secondary N) is 1. The van der Waals surface area contributed by atoms with Gasteiger partial charge in [-0.3, -0.25) is 0 Å². The van der Waals surface area contributed by atoms with Crippen molar-refractivity contribution in [3.8, 4) is 0 Å². The fraction of sp³-hybridized carbons (Fsp3) is 0.429. The molecule has 102 valence electrons. The van der Waals surface area contributed by atoms with Gasteiger partial charge in [-0.05, 0) is 30.2 Å². The number of hydrogen-bond donors (Lipinski definition) is 1. The molecule has 0 atom stereocenters. The van der Waals surface area contributed by atoms with Crippen LogP contribution in [0.1, 0.15) is 25.2 Å². The van der Waals surface area contributed by atoms with E-state index in [1.807, 2.05) is 28.9 Å². The quantitative estimate of drug-likeness (QED) is 0.883. The zero-order chi connectivity index (χ0) is 13.7. The van der Waals surface area contributed by atoms with Gasteiger partial charge in [-0.2, -0.15) is 5.10 Å². The van der Waals surface area contributed by atoms with Crippen molar-refractivity contribution in [3.05, 3.63) is 47.0 Å². The van der Waals surface area contributed by atoms with Crippen molar-refractivity contribution in [1.29, 1.82) is 0 Å². The van der Waals surface area contributed by atoms with Crippen LogP contribution in [-0.4, -0.2) is 21.3 Å². The molecule has 4 nitrogen and oxygen atoms in total. The van der Waals surface area contributed by atoms with Gasteiger partial charge in [-0.25, -0.2) is 9.67 Å². The van der Waals surface area contributed by atoms with Crippen LogP contribution >= 0.6 is 11.6 Å². The average Bonchev–Trinajstić information content (AvgIpc) is 2.76. The number of nitrogens with zero attached hydrogens (tertiary/aromatic N) is 3. The van der Waals surface area contributed by atoms with Crippen LogP contribution in [0.5, 0.6) is 0 Å². The predicted octanol–water partition coefficient (Wildman–Crippen LogP) is 2.73. The summed E-state index contributed by atoms with van der Waals surface area (Å²) in [6, 6.07) is 7.79. The van der Waals surface area contributed by atoms with Gasteiger partial charge in [0.2, 0.25) is 0 Å². The van der Waals surface area contributed by atoms with Gasteiger partial charge in [0.15, 0.2) is 5.82 Å². The molecule has 0 aliphatic heterocycles. The maximum atomic E-state index is 5.96. The van der Waals surface area contributed by atoms with Gasteiger partial charge in [0.25, 0.3) is 0 Å². The van der Waals surface area contributed by atoms with Gasteiger partial charge in [-0.15, -0.1) is 0 Å². The summed E-state index contributed by atoms with van der Waals surface area (Å²) in [7, 11) is 0. The molecule has 1 N–H and O–H groups in total. The third-order valence-electron chi connectivity index (χ3n) is 2.65. The van der Waals surface area contributed by atoms with Crippen LogP contribution in [0.4, 0.5) is 0 Å². The fourth-order valence-corrected chi connectivity index (χ4v) is 2.00. The second-order valence-corrected chi connectivity index (χ2v) is 5.45. The molecule has 0 fully saturated rings. The first kappa shape index (κ1) is 14.0. The van der Waals surface area contributed by atoms with Crippen molar-refractivity contribution in [2.45, 2.75) is 26.9 Å². The summed E-state index contributed by atoms with van der Waals surface area (Å²) >= 11 is 5.96. The SMILES string of the molecule is CC(C)CNCc1ncn(Cc2cccc(Cl)c2)n1. The summed E-state index contributed by atoms with van der Waals surface area (Å²) in [5, 5.41) is 8.51. The van der Waals surface area contributed by atoms with Gasteiger partial charge in [0.05, 0.1) is 13.1 Å². The van der Waals surface area contributed by atoms with E-state index in [1.54, 1.807) is 6.33 Å². The zero-order valence-corrected chi connectivity index (χ0v) is 12.1. The Bertz CT molecular complexity index is 522. The van der Waals surface area contributed by atoms with Crippen LogP contribution in [0.15, 0.2) is 30.6 Å². The Morgan fingerprint density at radius 2 is 2.21 bits per heavy atom. The van der Waals surface area contributed by atoms with Crippen LogP contribution in [-0.2, 0) is 13.1 Å². The zero-order valence-electron chi connectivity index (χ0n) is 11.3. The molecular formula is C14H19ClN4. The molecule has 0 unspecified atom stereocenters. The first-order valence-corrected chi connectivity index (χ1v) is 6.85. The Balaban J connectivity index is 1.90. The van der Waals surface area contributed by atoms with E-state index < -0.39 is 0 Å². The van der Waals surface area contributed by atoms with Crippen LogP contribution in [0.3, 0.4) is 0 Å².